The number of aromatic nitrogens is 3. The summed E-state index contributed by atoms with van der Waals surface area (Å²) in [7, 11) is 0. The van der Waals surface area contributed by atoms with Crippen LogP contribution in [-0.2, 0) is 17.9 Å². The highest BCUT2D eigenvalue weighted by molar-refractivity contribution is 6.31. The molecule has 0 saturated carbocycles. The van der Waals surface area contributed by atoms with Gasteiger partial charge in [-0.15, -0.1) is 0 Å². The highest BCUT2D eigenvalue weighted by atomic mass is 35.5. The molecule has 3 aromatic carbocycles. The van der Waals surface area contributed by atoms with Gasteiger partial charge in [0.25, 0.3) is 5.56 Å². The maximum Gasteiger partial charge on any atom is 0.278 e. The number of amides is 1. The Balaban J connectivity index is 1.61. The molecule has 35 heavy (non-hydrogen) atoms. The Morgan fingerprint density at radius 2 is 1.80 bits per heavy atom. The molecule has 0 aliphatic carbocycles. The lowest BCUT2D eigenvalue weighted by Gasteiger charge is -2.11. The van der Waals surface area contributed by atoms with Gasteiger partial charge in [-0.05, 0) is 66.9 Å². The van der Waals surface area contributed by atoms with Crippen molar-refractivity contribution in [2.45, 2.75) is 26.9 Å². The number of hydrogen-bond acceptors (Lipinski definition) is 3. The Kier molecular flexibility index (Phi) is 5.86. The maximum absolute atomic E-state index is 14.1. The lowest BCUT2D eigenvalue weighted by molar-refractivity contribution is -0.116. The van der Waals surface area contributed by atoms with Crippen molar-refractivity contribution < 1.29 is 9.18 Å². The quantitative estimate of drug-likeness (QED) is 0.358. The average molecular weight is 489 g/mol. The lowest BCUT2D eigenvalue weighted by Crippen LogP contribution is -2.25. The highest BCUT2D eigenvalue weighted by Crippen LogP contribution is 2.27. The monoisotopic (exact) mass is 488 g/mol. The maximum atomic E-state index is 14.1. The molecule has 0 bridgehead atoms. The SMILES string of the molecule is Cc1cc(C)cc(NC(=O)Cn2c3ccc(F)cc3c3ncn(Cc4ccccc4Cl)c(=O)c32)c1. The number of hydrogen-bond donors (Lipinski definition) is 1. The van der Waals surface area contributed by atoms with Crippen LogP contribution in [0.15, 0.2) is 71.8 Å². The smallest absolute Gasteiger partial charge is 0.278 e. The summed E-state index contributed by atoms with van der Waals surface area (Å²) in [4.78, 5) is 31.1. The molecule has 1 N–H and O–H groups in total. The molecule has 5 aromatic rings. The Morgan fingerprint density at radius 1 is 1.06 bits per heavy atom. The number of nitrogens with zero attached hydrogens (tertiary/aromatic N) is 3. The van der Waals surface area contributed by atoms with Crippen molar-refractivity contribution >= 4 is 45.1 Å². The van der Waals surface area contributed by atoms with Gasteiger partial charge in [-0.3, -0.25) is 14.2 Å². The van der Waals surface area contributed by atoms with Crippen LogP contribution in [0.25, 0.3) is 21.9 Å². The summed E-state index contributed by atoms with van der Waals surface area (Å²) < 4.78 is 17.1. The van der Waals surface area contributed by atoms with E-state index < -0.39 is 5.82 Å². The summed E-state index contributed by atoms with van der Waals surface area (Å²) in [6.45, 7) is 3.99. The van der Waals surface area contributed by atoms with Crippen LogP contribution in [-0.4, -0.2) is 20.0 Å². The number of nitrogens with one attached hydrogen (secondary N) is 1. The van der Waals surface area contributed by atoms with Gasteiger partial charge >= 0.3 is 0 Å². The molecule has 0 atom stereocenters. The summed E-state index contributed by atoms with van der Waals surface area (Å²) in [5.41, 5.74) is 4.28. The van der Waals surface area contributed by atoms with E-state index >= 15 is 0 Å². The zero-order valence-corrected chi connectivity index (χ0v) is 19.9. The standard InChI is InChI=1S/C27H22ClFN4O2/c1-16-9-17(2)11-20(10-16)31-24(34)14-33-23-8-7-19(29)12-21(23)25-26(33)27(35)32(15-30-25)13-18-5-3-4-6-22(18)28/h3-12,15H,13-14H2,1-2H3,(H,31,34). The van der Waals surface area contributed by atoms with Crippen molar-refractivity contribution in [3.63, 3.8) is 0 Å². The van der Waals surface area contributed by atoms with Gasteiger partial charge < -0.3 is 9.88 Å². The van der Waals surface area contributed by atoms with Crippen LogP contribution in [0.3, 0.4) is 0 Å². The zero-order valence-electron chi connectivity index (χ0n) is 19.2. The lowest BCUT2D eigenvalue weighted by atomic mass is 10.1. The number of halogens is 2. The van der Waals surface area contributed by atoms with E-state index in [0.717, 1.165) is 16.7 Å². The first kappa shape index (κ1) is 22.8. The van der Waals surface area contributed by atoms with Crippen LogP contribution < -0.4 is 10.9 Å². The van der Waals surface area contributed by atoms with Crippen LogP contribution in [0.1, 0.15) is 16.7 Å². The third-order valence-electron chi connectivity index (χ3n) is 5.89. The molecule has 2 heterocycles. The fraction of sp³-hybridized carbons (Fsp3) is 0.148. The first-order valence-electron chi connectivity index (χ1n) is 11.1. The molecule has 0 saturated heterocycles. The predicted octanol–water partition coefficient (Wildman–Crippen LogP) is 5.45. The minimum atomic E-state index is -0.446. The van der Waals surface area contributed by atoms with E-state index in [0.29, 0.717) is 27.1 Å². The van der Waals surface area contributed by atoms with Crippen molar-refractivity contribution in [2.75, 3.05) is 5.32 Å². The first-order chi connectivity index (χ1) is 16.8. The van der Waals surface area contributed by atoms with Gasteiger partial charge in [-0.1, -0.05) is 35.9 Å². The molecule has 5 rings (SSSR count). The molecule has 1 amide bonds. The fourth-order valence-corrected chi connectivity index (χ4v) is 4.65. The minimum absolute atomic E-state index is 0.133. The number of rotatable bonds is 5. The van der Waals surface area contributed by atoms with Gasteiger partial charge in [-0.25, -0.2) is 9.37 Å². The molecule has 0 unspecified atom stereocenters. The van der Waals surface area contributed by atoms with Crippen LogP contribution in [0, 0.1) is 19.7 Å². The minimum Gasteiger partial charge on any atom is -0.325 e. The zero-order chi connectivity index (χ0) is 24.7. The van der Waals surface area contributed by atoms with Gasteiger partial charge in [0.1, 0.15) is 23.4 Å². The summed E-state index contributed by atoms with van der Waals surface area (Å²) >= 11 is 6.29. The van der Waals surface area contributed by atoms with Gasteiger partial charge in [-0.2, -0.15) is 0 Å². The van der Waals surface area contributed by atoms with E-state index in [1.165, 1.54) is 23.0 Å². The second-order valence-corrected chi connectivity index (χ2v) is 9.05. The van der Waals surface area contributed by atoms with Crippen LogP contribution in [0.5, 0.6) is 0 Å². The Hall–Kier alpha value is -3.97. The van der Waals surface area contributed by atoms with E-state index in [2.05, 4.69) is 10.3 Å². The molecule has 0 spiro atoms. The Labute approximate surface area is 205 Å². The average Bonchev–Trinajstić information content (AvgIpc) is 3.09. The first-order valence-corrected chi connectivity index (χ1v) is 11.5. The van der Waals surface area contributed by atoms with E-state index in [9.17, 15) is 14.0 Å². The summed E-state index contributed by atoms with van der Waals surface area (Å²) in [5.74, 6) is -0.752. The second-order valence-electron chi connectivity index (χ2n) is 8.64. The van der Waals surface area contributed by atoms with E-state index in [-0.39, 0.29) is 30.1 Å². The molecular weight excluding hydrogens is 467 g/mol. The third kappa shape index (κ3) is 4.42. The third-order valence-corrected chi connectivity index (χ3v) is 6.26. The van der Waals surface area contributed by atoms with Crippen LogP contribution in [0.2, 0.25) is 5.02 Å². The summed E-state index contributed by atoms with van der Waals surface area (Å²) in [5, 5.41) is 3.91. The molecule has 0 radical (unpaired) electrons. The van der Waals surface area contributed by atoms with Gasteiger partial charge in [0.2, 0.25) is 5.91 Å². The van der Waals surface area contributed by atoms with Crippen molar-refractivity contribution in [1.82, 2.24) is 14.1 Å². The summed E-state index contributed by atoms with van der Waals surface area (Å²) in [6.07, 6.45) is 1.43. The topological polar surface area (TPSA) is 68.9 Å². The molecule has 8 heteroatoms. The number of carbonyl (C=O) groups excluding carboxylic acids is 1. The molecule has 0 fully saturated rings. The molecule has 0 aliphatic heterocycles. The van der Waals surface area contributed by atoms with Crippen molar-refractivity contribution in [2.24, 2.45) is 0 Å². The molecule has 6 nitrogen and oxygen atoms in total. The Morgan fingerprint density at radius 3 is 2.54 bits per heavy atom. The summed E-state index contributed by atoms with van der Waals surface area (Å²) in [6, 6.07) is 17.2. The number of fused-ring (bicyclic) bond motifs is 3. The van der Waals surface area contributed by atoms with Crippen molar-refractivity contribution in [1.29, 1.82) is 0 Å². The predicted molar refractivity (Wildman–Crippen MR) is 137 cm³/mol. The second kappa shape index (κ2) is 9.00. The van der Waals surface area contributed by atoms with Crippen LogP contribution >= 0.6 is 11.6 Å². The van der Waals surface area contributed by atoms with E-state index in [1.54, 1.807) is 16.7 Å². The molecule has 176 valence electrons. The normalized spacial score (nSPS) is 11.3. The van der Waals surface area contributed by atoms with Crippen LogP contribution in [0.4, 0.5) is 10.1 Å². The molecular formula is C27H22ClFN4O2. The molecule has 0 aliphatic rings. The number of carbonyl (C=O) groups is 1. The van der Waals surface area contributed by atoms with E-state index in [4.69, 9.17) is 11.6 Å². The highest BCUT2D eigenvalue weighted by Gasteiger charge is 2.19. The van der Waals surface area contributed by atoms with E-state index in [1.807, 2.05) is 50.2 Å². The molecule has 2 aromatic heterocycles. The van der Waals surface area contributed by atoms with Gasteiger partial charge in [0.15, 0.2) is 0 Å². The van der Waals surface area contributed by atoms with Crippen molar-refractivity contribution in [3.05, 3.63) is 105 Å². The number of aryl methyl sites for hydroxylation is 2. The Bertz CT molecular complexity index is 1650. The van der Waals surface area contributed by atoms with Gasteiger partial charge in [0.05, 0.1) is 18.4 Å². The largest absolute Gasteiger partial charge is 0.325 e. The van der Waals surface area contributed by atoms with Crippen molar-refractivity contribution in [3.8, 4) is 0 Å². The number of anilines is 1. The van der Waals surface area contributed by atoms with Gasteiger partial charge in [0, 0.05) is 16.1 Å². The number of benzene rings is 3. The fourth-order valence-electron chi connectivity index (χ4n) is 4.45.